The molecular weight excluding hydrogens is 188 g/mol. The fraction of sp³-hybridized carbons (Fsp3) is 0.538. The summed E-state index contributed by atoms with van der Waals surface area (Å²) in [6.45, 7) is 2.80. The quantitative estimate of drug-likeness (QED) is 0.727. The average molecular weight is 208 g/mol. The van der Waals surface area contributed by atoms with Gasteiger partial charge < -0.3 is 9.84 Å². The van der Waals surface area contributed by atoms with E-state index in [1.165, 1.54) is 11.1 Å². The van der Waals surface area contributed by atoms with Crippen molar-refractivity contribution in [3.63, 3.8) is 0 Å². The van der Waals surface area contributed by atoms with E-state index in [1.54, 1.807) is 7.11 Å². The zero-order chi connectivity index (χ0) is 11.1. The fourth-order valence-corrected chi connectivity index (χ4v) is 1.56. The van der Waals surface area contributed by atoms with Gasteiger partial charge in [0.2, 0.25) is 0 Å². The second-order valence-corrected chi connectivity index (χ2v) is 3.98. The van der Waals surface area contributed by atoms with Crippen LogP contribution >= 0.6 is 0 Å². The molecule has 0 aromatic heterocycles. The number of hydrogen-bond acceptors (Lipinski definition) is 2. The summed E-state index contributed by atoms with van der Waals surface area (Å²) in [6.07, 6.45) is 2.22. The van der Waals surface area contributed by atoms with Crippen molar-refractivity contribution in [1.82, 2.24) is 0 Å². The first-order valence-corrected chi connectivity index (χ1v) is 5.45. The van der Waals surface area contributed by atoms with Crippen LogP contribution in [0.5, 0.6) is 0 Å². The summed E-state index contributed by atoms with van der Waals surface area (Å²) in [5.74, 6) is 0. The van der Waals surface area contributed by atoms with Gasteiger partial charge in [-0.2, -0.15) is 0 Å². The van der Waals surface area contributed by atoms with E-state index >= 15 is 0 Å². The third-order valence-corrected chi connectivity index (χ3v) is 2.48. The van der Waals surface area contributed by atoms with Gasteiger partial charge in [0, 0.05) is 13.7 Å². The Morgan fingerprint density at radius 1 is 1.27 bits per heavy atom. The van der Waals surface area contributed by atoms with Crippen molar-refractivity contribution in [2.45, 2.75) is 32.3 Å². The molecular formula is C13H20O2. The minimum Gasteiger partial charge on any atom is -0.393 e. The number of hydrogen-bond donors (Lipinski definition) is 1. The summed E-state index contributed by atoms with van der Waals surface area (Å²) in [5.41, 5.74) is 2.46. The van der Waals surface area contributed by atoms with E-state index in [2.05, 4.69) is 31.2 Å². The highest BCUT2D eigenvalue weighted by molar-refractivity contribution is 5.21. The number of aryl methyl sites for hydroxylation is 1. The first-order chi connectivity index (χ1) is 7.22. The molecule has 84 valence electrons. The molecule has 0 amide bonds. The van der Waals surface area contributed by atoms with Gasteiger partial charge in [0.25, 0.3) is 0 Å². The smallest absolute Gasteiger partial charge is 0.0581 e. The minimum atomic E-state index is -0.247. The molecule has 1 aromatic carbocycles. The maximum atomic E-state index is 9.74. The van der Waals surface area contributed by atoms with Gasteiger partial charge in [-0.1, -0.05) is 29.8 Å². The largest absolute Gasteiger partial charge is 0.393 e. The molecule has 0 aliphatic rings. The van der Waals surface area contributed by atoms with Crippen molar-refractivity contribution in [2.24, 2.45) is 0 Å². The van der Waals surface area contributed by atoms with Crippen LogP contribution in [0.2, 0.25) is 0 Å². The van der Waals surface area contributed by atoms with E-state index in [0.717, 1.165) is 25.9 Å². The second-order valence-electron chi connectivity index (χ2n) is 3.98. The summed E-state index contributed by atoms with van der Waals surface area (Å²) < 4.78 is 4.95. The van der Waals surface area contributed by atoms with E-state index in [9.17, 15) is 5.11 Å². The van der Waals surface area contributed by atoms with Gasteiger partial charge in [-0.25, -0.2) is 0 Å². The van der Waals surface area contributed by atoms with Crippen LogP contribution in [0.1, 0.15) is 24.0 Å². The average Bonchev–Trinajstić information content (AvgIpc) is 2.22. The van der Waals surface area contributed by atoms with E-state index in [1.807, 2.05) is 0 Å². The predicted molar refractivity (Wildman–Crippen MR) is 62.0 cm³/mol. The zero-order valence-corrected chi connectivity index (χ0v) is 9.57. The Hall–Kier alpha value is -0.860. The van der Waals surface area contributed by atoms with Gasteiger partial charge >= 0.3 is 0 Å². The number of methoxy groups -OCH3 is 1. The van der Waals surface area contributed by atoms with Crippen LogP contribution in [-0.2, 0) is 11.2 Å². The van der Waals surface area contributed by atoms with Crippen LogP contribution in [0.15, 0.2) is 24.3 Å². The molecule has 0 fully saturated rings. The lowest BCUT2D eigenvalue weighted by molar-refractivity contribution is 0.135. The maximum Gasteiger partial charge on any atom is 0.0581 e. The summed E-state index contributed by atoms with van der Waals surface area (Å²) >= 11 is 0. The topological polar surface area (TPSA) is 29.5 Å². The summed E-state index contributed by atoms with van der Waals surface area (Å²) in [4.78, 5) is 0. The van der Waals surface area contributed by atoms with E-state index in [-0.39, 0.29) is 6.10 Å². The molecule has 0 saturated heterocycles. The van der Waals surface area contributed by atoms with E-state index in [4.69, 9.17) is 4.74 Å². The highest BCUT2D eigenvalue weighted by Crippen LogP contribution is 2.09. The van der Waals surface area contributed by atoms with E-state index < -0.39 is 0 Å². The summed E-state index contributed by atoms with van der Waals surface area (Å²) in [5, 5.41) is 9.74. The van der Waals surface area contributed by atoms with Gasteiger partial charge in [0.05, 0.1) is 6.10 Å². The third-order valence-electron chi connectivity index (χ3n) is 2.48. The van der Waals surface area contributed by atoms with Crippen LogP contribution in [-0.4, -0.2) is 24.9 Å². The van der Waals surface area contributed by atoms with Crippen LogP contribution in [0.3, 0.4) is 0 Å². The molecule has 1 aromatic rings. The fourth-order valence-electron chi connectivity index (χ4n) is 1.56. The Balaban J connectivity index is 2.31. The number of aliphatic hydroxyl groups is 1. The molecule has 0 spiro atoms. The highest BCUT2D eigenvalue weighted by Gasteiger charge is 2.04. The number of aliphatic hydroxyl groups excluding tert-OH is 1. The lowest BCUT2D eigenvalue weighted by Gasteiger charge is -2.10. The Bertz CT molecular complexity index is 266. The van der Waals surface area contributed by atoms with Gasteiger partial charge in [0.15, 0.2) is 0 Å². The van der Waals surface area contributed by atoms with Gasteiger partial charge in [-0.15, -0.1) is 0 Å². The molecule has 0 saturated carbocycles. The standard InChI is InChI=1S/C13H20O2/c1-11-5-7-12(8-6-11)10-13(14)4-3-9-15-2/h5-8,13-14H,3-4,9-10H2,1-2H3. The van der Waals surface area contributed by atoms with Crippen LogP contribution in [0.4, 0.5) is 0 Å². The first-order valence-electron chi connectivity index (χ1n) is 5.45. The molecule has 1 unspecified atom stereocenters. The summed E-state index contributed by atoms with van der Waals surface area (Å²) in [7, 11) is 1.69. The van der Waals surface area contributed by atoms with Gasteiger partial charge in [0.1, 0.15) is 0 Å². The molecule has 2 heteroatoms. The molecule has 2 nitrogen and oxygen atoms in total. The molecule has 1 N–H and O–H groups in total. The normalized spacial score (nSPS) is 12.7. The van der Waals surface area contributed by atoms with Crippen molar-refractivity contribution < 1.29 is 9.84 Å². The third kappa shape index (κ3) is 4.96. The molecule has 0 radical (unpaired) electrons. The Morgan fingerprint density at radius 3 is 2.53 bits per heavy atom. The zero-order valence-electron chi connectivity index (χ0n) is 9.57. The Labute approximate surface area is 91.9 Å². The predicted octanol–water partition coefficient (Wildman–Crippen LogP) is 2.33. The Morgan fingerprint density at radius 2 is 1.93 bits per heavy atom. The molecule has 15 heavy (non-hydrogen) atoms. The molecule has 1 rings (SSSR count). The van der Waals surface area contributed by atoms with Crippen molar-refractivity contribution >= 4 is 0 Å². The highest BCUT2D eigenvalue weighted by atomic mass is 16.5. The van der Waals surface area contributed by atoms with Crippen molar-refractivity contribution in [3.8, 4) is 0 Å². The molecule has 0 heterocycles. The second kappa shape index (κ2) is 6.59. The number of ether oxygens (including phenoxy) is 1. The van der Waals surface area contributed by atoms with Crippen molar-refractivity contribution in [3.05, 3.63) is 35.4 Å². The van der Waals surface area contributed by atoms with Crippen LogP contribution < -0.4 is 0 Å². The van der Waals surface area contributed by atoms with Crippen molar-refractivity contribution in [1.29, 1.82) is 0 Å². The molecule has 0 aliphatic heterocycles. The lowest BCUT2D eigenvalue weighted by atomic mass is 10.0. The van der Waals surface area contributed by atoms with Gasteiger partial charge in [-0.3, -0.25) is 0 Å². The summed E-state index contributed by atoms with van der Waals surface area (Å²) in [6, 6.07) is 8.32. The Kier molecular flexibility index (Phi) is 5.37. The molecule has 0 bridgehead atoms. The number of rotatable bonds is 6. The number of benzene rings is 1. The lowest BCUT2D eigenvalue weighted by Crippen LogP contribution is -2.11. The SMILES string of the molecule is COCCCC(O)Cc1ccc(C)cc1. The van der Waals surface area contributed by atoms with Gasteiger partial charge in [-0.05, 0) is 31.7 Å². The molecule has 0 aliphatic carbocycles. The van der Waals surface area contributed by atoms with E-state index in [0.29, 0.717) is 0 Å². The van der Waals surface area contributed by atoms with Crippen molar-refractivity contribution in [2.75, 3.05) is 13.7 Å². The molecule has 1 atom stereocenters. The maximum absolute atomic E-state index is 9.74. The minimum absolute atomic E-state index is 0.247. The monoisotopic (exact) mass is 208 g/mol. The van der Waals surface area contributed by atoms with Crippen LogP contribution in [0.25, 0.3) is 0 Å². The first kappa shape index (κ1) is 12.2. The van der Waals surface area contributed by atoms with Crippen LogP contribution in [0, 0.1) is 6.92 Å².